The Hall–Kier alpha value is -4.20. The number of carboxylic acid groups (broad SMARTS) is 1. The Morgan fingerprint density at radius 2 is 1.26 bits per heavy atom. The first-order chi connectivity index (χ1) is 16.7. The number of ketones is 1. The highest BCUT2D eigenvalue weighted by Gasteiger charge is 2.29. The van der Waals surface area contributed by atoms with Gasteiger partial charge in [-0.05, 0) is 84.0 Å². The molecular weight excluding hydrogens is 462 g/mol. The number of amides is 1. The van der Waals surface area contributed by atoms with Gasteiger partial charge in [0.15, 0.2) is 29.1 Å². The fourth-order valence-electron chi connectivity index (χ4n) is 4.05. The van der Waals surface area contributed by atoms with Crippen molar-refractivity contribution in [2.75, 3.05) is 5.32 Å². The third-order valence-corrected chi connectivity index (χ3v) is 5.72. The molecule has 0 unspecified atom stereocenters. The van der Waals surface area contributed by atoms with Crippen molar-refractivity contribution in [3.63, 3.8) is 0 Å². The lowest BCUT2D eigenvalue weighted by atomic mass is 9.76. The maximum atomic E-state index is 13.7. The summed E-state index contributed by atoms with van der Waals surface area (Å²) in [4.78, 5) is 24.1. The molecule has 35 heavy (non-hydrogen) atoms. The summed E-state index contributed by atoms with van der Waals surface area (Å²) in [5, 5.41) is 11.1. The average Bonchev–Trinajstić information content (AvgIpc) is 2.81. The second kappa shape index (κ2) is 9.97. The molecule has 3 aromatic carbocycles. The minimum absolute atomic E-state index is 0.209. The molecule has 1 aliphatic carbocycles. The Balaban J connectivity index is 1.73. The van der Waals surface area contributed by atoms with Gasteiger partial charge < -0.3 is 5.11 Å². The monoisotopic (exact) mass is 481 g/mol. The summed E-state index contributed by atoms with van der Waals surface area (Å²) in [6.45, 7) is 0. The summed E-state index contributed by atoms with van der Waals surface area (Å²) in [5.41, 5.74) is 2.49. The first-order valence-electron chi connectivity index (χ1n) is 10.7. The normalized spacial score (nSPS) is 18.2. The van der Waals surface area contributed by atoms with Crippen molar-refractivity contribution in [1.29, 1.82) is 0 Å². The Morgan fingerprint density at radius 1 is 0.771 bits per heavy atom. The Labute approximate surface area is 198 Å². The van der Waals surface area contributed by atoms with Crippen molar-refractivity contribution >= 4 is 29.7 Å². The van der Waals surface area contributed by atoms with Crippen LogP contribution in [0.4, 0.5) is 28.0 Å². The van der Waals surface area contributed by atoms with Crippen molar-refractivity contribution in [2.45, 2.75) is 18.8 Å². The lowest BCUT2D eigenvalue weighted by Crippen LogP contribution is -2.19. The van der Waals surface area contributed by atoms with Crippen molar-refractivity contribution in [3.8, 4) is 0 Å². The molecule has 0 aromatic heterocycles. The molecule has 0 spiro atoms. The number of allylic oxidation sites excluding steroid dienone is 2. The fourth-order valence-corrected chi connectivity index (χ4v) is 4.05. The van der Waals surface area contributed by atoms with Crippen LogP contribution < -0.4 is 5.32 Å². The second-order valence-electron chi connectivity index (χ2n) is 8.17. The Kier molecular flexibility index (Phi) is 6.82. The molecule has 1 fully saturated rings. The van der Waals surface area contributed by atoms with Crippen LogP contribution in [0, 0.1) is 23.3 Å². The van der Waals surface area contributed by atoms with E-state index < -0.39 is 29.4 Å². The van der Waals surface area contributed by atoms with Gasteiger partial charge >= 0.3 is 6.09 Å². The zero-order valence-electron chi connectivity index (χ0n) is 18.2. The highest BCUT2D eigenvalue weighted by atomic mass is 19.2. The van der Waals surface area contributed by atoms with Crippen molar-refractivity contribution in [3.05, 3.63) is 112 Å². The van der Waals surface area contributed by atoms with Gasteiger partial charge in [-0.3, -0.25) is 10.1 Å². The zero-order chi connectivity index (χ0) is 25.1. The van der Waals surface area contributed by atoms with E-state index in [2.05, 4.69) is 5.32 Å². The minimum Gasteiger partial charge on any atom is -0.465 e. The van der Waals surface area contributed by atoms with Crippen molar-refractivity contribution in [1.82, 2.24) is 0 Å². The molecule has 1 aliphatic rings. The first-order valence-corrected chi connectivity index (χ1v) is 10.7. The Morgan fingerprint density at radius 3 is 1.69 bits per heavy atom. The van der Waals surface area contributed by atoms with E-state index in [9.17, 15) is 27.2 Å². The number of rotatable bonds is 4. The SMILES string of the molecule is O=C(O)Nc1ccc(C2CC(=Cc3ccc(F)c(F)c3)C(=O)C(=Cc3ccc(F)c(F)c3)C2)cc1. The number of carbonyl (C=O) groups is 2. The van der Waals surface area contributed by atoms with Gasteiger partial charge in [-0.2, -0.15) is 0 Å². The summed E-state index contributed by atoms with van der Waals surface area (Å²) >= 11 is 0. The molecule has 0 bridgehead atoms. The van der Waals surface area contributed by atoms with Gasteiger partial charge in [0.1, 0.15) is 0 Å². The van der Waals surface area contributed by atoms with Gasteiger partial charge in [-0.1, -0.05) is 24.3 Å². The standard InChI is InChI=1S/C27H19F4NO3/c28-22-7-1-15(11-24(22)30)9-19-13-18(17-3-5-21(6-4-17)32-27(34)35)14-20(26(19)33)10-16-2-8-23(29)25(31)12-16/h1-12,18,32H,13-14H2,(H,34,35). The predicted octanol–water partition coefficient (Wildman–Crippen LogP) is 6.95. The number of Topliss-reactive ketones (excluding diaryl/α,β-unsaturated/α-hetero) is 1. The number of nitrogens with one attached hydrogen (secondary N) is 1. The fraction of sp³-hybridized carbons (Fsp3) is 0.111. The zero-order valence-corrected chi connectivity index (χ0v) is 18.2. The van der Waals surface area contributed by atoms with Crippen LogP contribution in [0.5, 0.6) is 0 Å². The van der Waals surface area contributed by atoms with E-state index in [0.29, 0.717) is 40.8 Å². The molecule has 4 rings (SSSR count). The number of halogens is 4. The van der Waals surface area contributed by atoms with Crippen LogP contribution in [0.25, 0.3) is 12.2 Å². The van der Waals surface area contributed by atoms with E-state index in [0.717, 1.165) is 29.8 Å². The highest BCUT2D eigenvalue weighted by Crippen LogP contribution is 2.39. The molecule has 0 heterocycles. The van der Waals surface area contributed by atoms with Crippen LogP contribution in [0.3, 0.4) is 0 Å². The third-order valence-electron chi connectivity index (χ3n) is 5.72. The summed E-state index contributed by atoms with van der Waals surface area (Å²) in [6, 6.07) is 13.3. The van der Waals surface area contributed by atoms with Crippen LogP contribution in [0.15, 0.2) is 71.8 Å². The first kappa shape index (κ1) is 23.9. The van der Waals surface area contributed by atoms with E-state index >= 15 is 0 Å². The number of hydrogen-bond donors (Lipinski definition) is 2. The molecule has 0 saturated heterocycles. The molecular formula is C27H19F4NO3. The number of benzene rings is 3. The smallest absolute Gasteiger partial charge is 0.409 e. The van der Waals surface area contributed by atoms with Crippen molar-refractivity contribution in [2.24, 2.45) is 0 Å². The Bertz CT molecular complexity index is 1290. The lowest BCUT2D eigenvalue weighted by molar-refractivity contribution is -0.113. The van der Waals surface area contributed by atoms with Gasteiger partial charge in [0.05, 0.1) is 0 Å². The quantitative estimate of drug-likeness (QED) is 0.313. The molecule has 0 atom stereocenters. The summed E-state index contributed by atoms with van der Waals surface area (Å²) < 4.78 is 54.1. The van der Waals surface area contributed by atoms with Gasteiger partial charge in [0, 0.05) is 16.8 Å². The summed E-state index contributed by atoms with van der Waals surface area (Å²) in [6.07, 6.45) is 2.35. The molecule has 3 aromatic rings. The number of carbonyl (C=O) groups excluding carboxylic acids is 1. The minimum atomic E-state index is -1.20. The number of hydrogen-bond acceptors (Lipinski definition) is 2. The van der Waals surface area contributed by atoms with Crippen LogP contribution in [-0.2, 0) is 4.79 Å². The highest BCUT2D eigenvalue weighted by molar-refractivity contribution is 6.14. The molecule has 1 saturated carbocycles. The van der Waals surface area contributed by atoms with E-state index in [-0.39, 0.29) is 11.7 Å². The molecule has 2 N–H and O–H groups in total. The lowest BCUT2D eigenvalue weighted by Gasteiger charge is -2.26. The molecule has 0 aliphatic heterocycles. The largest absolute Gasteiger partial charge is 0.465 e. The van der Waals surface area contributed by atoms with Crippen LogP contribution >= 0.6 is 0 Å². The topological polar surface area (TPSA) is 66.4 Å². The maximum absolute atomic E-state index is 13.7. The maximum Gasteiger partial charge on any atom is 0.409 e. The predicted molar refractivity (Wildman–Crippen MR) is 124 cm³/mol. The van der Waals surface area contributed by atoms with Gasteiger partial charge in [0.2, 0.25) is 0 Å². The van der Waals surface area contributed by atoms with Crippen LogP contribution in [-0.4, -0.2) is 17.0 Å². The van der Waals surface area contributed by atoms with Gasteiger partial charge in [0.25, 0.3) is 0 Å². The molecule has 1 amide bonds. The van der Waals surface area contributed by atoms with E-state index in [1.165, 1.54) is 24.3 Å². The molecule has 8 heteroatoms. The van der Waals surface area contributed by atoms with E-state index in [1.807, 2.05) is 0 Å². The van der Waals surface area contributed by atoms with Crippen LogP contribution in [0.1, 0.15) is 35.4 Å². The summed E-state index contributed by atoms with van der Waals surface area (Å²) in [5.74, 6) is -4.64. The third kappa shape index (κ3) is 5.66. The second-order valence-corrected chi connectivity index (χ2v) is 8.17. The summed E-state index contributed by atoms with van der Waals surface area (Å²) in [7, 11) is 0. The molecule has 4 nitrogen and oxygen atoms in total. The average molecular weight is 481 g/mol. The van der Waals surface area contributed by atoms with Gasteiger partial charge in [-0.25, -0.2) is 22.4 Å². The number of anilines is 1. The van der Waals surface area contributed by atoms with Crippen molar-refractivity contribution < 1.29 is 32.3 Å². The molecule has 0 radical (unpaired) electrons. The van der Waals surface area contributed by atoms with Gasteiger partial charge in [-0.15, -0.1) is 0 Å². The van der Waals surface area contributed by atoms with Crippen LogP contribution in [0.2, 0.25) is 0 Å². The van der Waals surface area contributed by atoms with E-state index in [4.69, 9.17) is 5.11 Å². The van der Waals surface area contributed by atoms with E-state index in [1.54, 1.807) is 24.3 Å². The molecule has 178 valence electrons.